The van der Waals surface area contributed by atoms with Gasteiger partial charge in [-0.15, -0.1) is 12.3 Å². The minimum atomic E-state index is 0.650. The van der Waals surface area contributed by atoms with Crippen LogP contribution in [0.15, 0.2) is 21.1 Å². The molecular weight excluding hydrogens is 346 g/mol. The van der Waals surface area contributed by atoms with Crippen LogP contribution in [0.3, 0.4) is 0 Å². The summed E-state index contributed by atoms with van der Waals surface area (Å²) in [6, 6.07) is 4.11. The van der Waals surface area contributed by atoms with Crippen molar-refractivity contribution in [2.24, 2.45) is 0 Å². The first-order valence-corrected chi connectivity index (χ1v) is 7.02. The molecule has 1 aromatic carbocycles. The molecule has 0 amide bonds. The van der Waals surface area contributed by atoms with Crippen LogP contribution in [0.4, 0.5) is 0 Å². The second-order valence-corrected chi connectivity index (χ2v) is 5.16. The molecule has 0 spiro atoms. The van der Waals surface area contributed by atoms with Crippen LogP contribution < -0.4 is 10.1 Å². The fourth-order valence-electron chi connectivity index (χ4n) is 1.39. The maximum atomic E-state index is 5.52. The minimum Gasteiger partial charge on any atom is -0.492 e. The van der Waals surface area contributed by atoms with Crippen LogP contribution in [0.2, 0.25) is 0 Å². The molecule has 0 fully saturated rings. The van der Waals surface area contributed by atoms with Gasteiger partial charge in [0.1, 0.15) is 5.75 Å². The van der Waals surface area contributed by atoms with E-state index in [1.165, 1.54) is 5.56 Å². The Hall–Kier alpha value is -0.500. The smallest absolute Gasteiger partial charge is 0.147 e. The zero-order chi connectivity index (χ0) is 12.7. The van der Waals surface area contributed by atoms with Crippen LogP contribution in [0, 0.1) is 12.3 Å². The van der Waals surface area contributed by atoms with Crippen molar-refractivity contribution in [3.63, 3.8) is 0 Å². The predicted octanol–water partition coefficient (Wildman–Crippen LogP) is 3.72. The number of hydrogen-bond acceptors (Lipinski definition) is 2. The van der Waals surface area contributed by atoms with E-state index < -0.39 is 0 Å². The summed E-state index contributed by atoms with van der Waals surface area (Å²) < 4.78 is 7.45. The molecule has 1 aromatic rings. The van der Waals surface area contributed by atoms with Gasteiger partial charge >= 0.3 is 0 Å². The Balaban J connectivity index is 2.67. The van der Waals surface area contributed by atoms with Crippen molar-refractivity contribution in [2.75, 3.05) is 13.2 Å². The highest BCUT2D eigenvalue weighted by atomic mass is 79.9. The lowest BCUT2D eigenvalue weighted by molar-refractivity contribution is 0.336. The monoisotopic (exact) mass is 359 g/mol. The molecule has 0 radical (unpaired) electrons. The Labute approximate surface area is 119 Å². The van der Waals surface area contributed by atoms with Crippen molar-refractivity contribution < 1.29 is 4.74 Å². The number of halogens is 2. The highest BCUT2D eigenvalue weighted by Gasteiger charge is 2.08. The van der Waals surface area contributed by atoms with Crippen molar-refractivity contribution in [1.82, 2.24) is 5.32 Å². The summed E-state index contributed by atoms with van der Waals surface area (Å²) in [4.78, 5) is 0. The molecule has 2 nitrogen and oxygen atoms in total. The van der Waals surface area contributed by atoms with Gasteiger partial charge in [-0.3, -0.25) is 0 Å². The number of rotatable bonds is 6. The van der Waals surface area contributed by atoms with E-state index in [0.29, 0.717) is 6.61 Å². The molecule has 0 saturated heterocycles. The summed E-state index contributed by atoms with van der Waals surface area (Å²) in [6.07, 6.45) is 5.94. The maximum absolute atomic E-state index is 5.52. The second kappa shape index (κ2) is 7.75. The predicted molar refractivity (Wildman–Crippen MR) is 78.2 cm³/mol. The van der Waals surface area contributed by atoms with Crippen molar-refractivity contribution in [2.45, 2.75) is 19.9 Å². The number of ether oxygens (including phenoxy) is 1. The lowest BCUT2D eigenvalue weighted by Gasteiger charge is -2.11. The van der Waals surface area contributed by atoms with Crippen LogP contribution in [0.5, 0.6) is 5.75 Å². The van der Waals surface area contributed by atoms with E-state index >= 15 is 0 Å². The summed E-state index contributed by atoms with van der Waals surface area (Å²) in [5.74, 6) is 3.45. The summed E-state index contributed by atoms with van der Waals surface area (Å²) >= 11 is 7.01. The van der Waals surface area contributed by atoms with Crippen LogP contribution in [-0.2, 0) is 6.54 Å². The highest BCUT2D eigenvalue weighted by molar-refractivity contribution is 9.11. The number of hydrogen-bond donors (Lipinski definition) is 1. The van der Waals surface area contributed by atoms with Gasteiger partial charge in [-0.05, 0) is 56.5 Å². The minimum absolute atomic E-state index is 0.650. The Morgan fingerprint density at radius 2 is 2.00 bits per heavy atom. The number of benzene rings is 1. The van der Waals surface area contributed by atoms with Gasteiger partial charge in [0.25, 0.3) is 0 Å². The molecule has 4 heteroatoms. The molecule has 0 atom stereocenters. The van der Waals surface area contributed by atoms with Crippen LogP contribution in [0.25, 0.3) is 0 Å². The Morgan fingerprint density at radius 3 is 2.53 bits per heavy atom. The van der Waals surface area contributed by atoms with Gasteiger partial charge in [0.2, 0.25) is 0 Å². The normalized spacial score (nSPS) is 10.0. The Kier molecular flexibility index (Phi) is 6.64. The Bertz CT molecular complexity index is 389. The van der Waals surface area contributed by atoms with Gasteiger partial charge in [0.15, 0.2) is 0 Å². The third-order valence-corrected chi connectivity index (χ3v) is 3.30. The third kappa shape index (κ3) is 4.71. The summed E-state index contributed by atoms with van der Waals surface area (Å²) in [6.45, 7) is 4.25. The molecule has 0 saturated carbocycles. The maximum Gasteiger partial charge on any atom is 0.147 e. The molecule has 0 aliphatic rings. The Morgan fingerprint density at radius 1 is 1.35 bits per heavy atom. The zero-order valence-corrected chi connectivity index (χ0v) is 12.9. The lowest BCUT2D eigenvalue weighted by Crippen LogP contribution is -2.14. The highest BCUT2D eigenvalue weighted by Crippen LogP contribution is 2.34. The van der Waals surface area contributed by atoms with Crippen molar-refractivity contribution >= 4 is 31.9 Å². The van der Waals surface area contributed by atoms with E-state index in [4.69, 9.17) is 11.2 Å². The first kappa shape index (κ1) is 14.6. The lowest BCUT2D eigenvalue weighted by atomic mass is 10.2. The van der Waals surface area contributed by atoms with E-state index in [0.717, 1.165) is 34.2 Å². The first-order chi connectivity index (χ1) is 8.19. The van der Waals surface area contributed by atoms with Crippen LogP contribution in [-0.4, -0.2) is 13.2 Å². The van der Waals surface area contributed by atoms with E-state index in [-0.39, 0.29) is 0 Å². The topological polar surface area (TPSA) is 21.3 Å². The molecule has 0 heterocycles. The largest absolute Gasteiger partial charge is 0.492 e. The quantitative estimate of drug-likeness (QED) is 0.616. The molecule has 0 bridgehead atoms. The average molecular weight is 361 g/mol. The van der Waals surface area contributed by atoms with Crippen LogP contribution in [0.1, 0.15) is 18.9 Å². The summed E-state index contributed by atoms with van der Waals surface area (Å²) in [5.41, 5.74) is 1.18. The molecule has 92 valence electrons. The number of nitrogens with one attached hydrogen (secondary N) is 1. The molecule has 1 N–H and O–H groups in total. The molecule has 0 aromatic heterocycles. The van der Waals surface area contributed by atoms with E-state index in [9.17, 15) is 0 Å². The molecule has 0 unspecified atom stereocenters. The van der Waals surface area contributed by atoms with Crippen LogP contribution >= 0.6 is 31.9 Å². The molecule has 17 heavy (non-hydrogen) atoms. The fraction of sp³-hybridized carbons (Fsp3) is 0.385. The SMILES string of the molecule is C#CCCNCc1cc(Br)c(OCC)c(Br)c1. The van der Waals surface area contributed by atoms with Gasteiger partial charge in [0, 0.05) is 19.5 Å². The van der Waals surface area contributed by atoms with Gasteiger partial charge in [-0.2, -0.15) is 0 Å². The average Bonchev–Trinajstić information content (AvgIpc) is 2.29. The fourth-order valence-corrected chi connectivity index (χ4v) is 2.90. The van der Waals surface area contributed by atoms with Crippen molar-refractivity contribution in [3.05, 3.63) is 26.6 Å². The first-order valence-electron chi connectivity index (χ1n) is 5.44. The zero-order valence-electron chi connectivity index (χ0n) is 9.72. The summed E-state index contributed by atoms with van der Waals surface area (Å²) in [7, 11) is 0. The van der Waals surface area contributed by atoms with E-state index in [1.54, 1.807) is 0 Å². The van der Waals surface area contributed by atoms with E-state index in [1.807, 2.05) is 6.92 Å². The standard InChI is InChI=1S/C13H15Br2NO/c1-3-5-6-16-9-10-7-11(14)13(17-4-2)12(15)8-10/h1,7-8,16H,4-6,9H2,2H3. The third-order valence-electron chi connectivity index (χ3n) is 2.12. The molecule has 1 rings (SSSR count). The van der Waals surface area contributed by atoms with E-state index in [2.05, 4.69) is 55.2 Å². The van der Waals surface area contributed by atoms with Gasteiger partial charge in [-0.1, -0.05) is 0 Å². The molecule has 0 aliphatic carbocycles. The molecular formula is C13H15Br2NO. The van der Waals surface area contributed by atoms with Crippen molar-refractivity contribution in [1.29, 1.82) is 0 Å². The summed E-state index contributed by atoms with van der Waals surface area (Å²) in [5, 5.41) is 3.28. The van der Waals surface area contributed by atoms with Gasteiger partial charge in [-0.25, -0.2) is 0 Å². The van der Waals surface area contributed by atoms with Gasteiger partial charge < -0.3 is 10.1 Å². The number of terminal acetylenes is 1. The molecule has 0 aliphatic heterocycles. The second-order valence-electron chi connectivity index (χ2n) is 3.45. The van der Waals surface area contributed by atoms with Crippen molar-refractivity contribution in [3.8, 4) is 18.1 Å². The van der Waals surface area contributed by atoms with Gasteiger partial charge in [0.05, 0.1) is 15.6 Å².